The van der Waals surface area contributed by atoms with Crippen LogP contribution in [0.2, 0.25) is 0 Å². The largest absolute Gasteiger partial charge is 0.432 e. The molecule has 5 heteroatoms. The smallest absolute Gasteiger partial charge is 0.387 e. The zero-order valence-corrected chi connectivity index (χ0v) is 16.4. The molecule has 0 N–H and O–H groups in total. The topological polar surface area (TPSA) is 9.23 Å². The van der Waals surface area contributed by atoms with E-state index in [1.54, 1.807) is 12.1 Å². The monoisotopic (exact) mass is 414 g/mol. The van der Waals surface area contributed by atoms with E-state index in [2.05, 4.69) is 11.3 Å². The minimum atomic E-state index is -3.12. The summed E-state index contributed by atoms with van der Waals surface area (Å²) < 4.78 is 58.0. The molecule has 30 heavy (non-hydrogen) atoms. The first kappa shape index (κ1) is 20.5. The van der Waals surface area contributed by atoms with E-state index in [4.69, 9.17) is 0 Å². The molecule has 1 aliphatic carbocycles. The molecule has 0 saturated heterocycles. The van der Waals surface area contributed by atoms with Gasteiger partial charge in [-0.2, -0.15) is 8.78 Å². The summed E-state index contributed by atoms with van der Waals surface area (Å²) in [5.74, 6) is -0.940. The molecule has 0 bridgehead atoms. The summed E-state index contributed by atoms with van der Waals surface area (Å²) in [6.45, 7) is 0.762. The third kappa shape index (κ3) is 4.07. The van der Waals surface area contributed by atoms with Crippen molar-refractivity contribution >= 4 is 10.8 Å². The number of halogens is 4. The van der Waals surface area contributed by atoms with Crippen molar-refractivity contribution in [2.45, 2.75) is 38.2 Å². The highest BCUT2D eigenvalue weighted by atomic mass is 19.3. The van der Waals surface area contributed by atoms with Gasteiger partial charge >= 0.3 is 6.61 Å². The Bertz CT molecular complexity index is 1070. The van der Waals surface area contributed by atoms with Gasteiger partial charge in [0.2, 0.25) is 0 Å². The van der Waals surface area contributed by atoms with Gasteiger partial charge in [-0.3, -0.25) is 0 Å². The molecule has 0 heterocycles. The van der Waals surface area contributed by atoms with Gasteiger partial charge in [-0.15, -0.1) is 6.58 Å². The highest BCUT2D eigenvalue weighted by molar-refractivity contribution is 5.89. The number of hydrogen-bond donors (Lipinski definition) is 0. The first-order valence-electron chi connectivity index (χ1n) is 10.1. The average molecular weight is 414 g/mol. The number of ether oxygens (including phenoxy) is 1. The maximum absolute atomic E-state index is 15.2. The molecule has 1 fully saturated rings. The van der Waals surface area contributed by atoms with Crippen LogP contribution in [0.25, 0.3) is 21.9 Å². The highest BCUT2D eigenvalue weighted by Crippen LogP contribution is 2.38. The molecule has 0 aromatic heterocycles. The minimum Gasteiger partial charge on any atom is -0.432 e. The van der Waals surface area contributed by atoms with Crippen LogP contribution in [0.15, 0.2) is 61.2 Å². The summed E-state index contributed by atoms with van der Waals surface area (Å²) in [4.78, 5) is 0. The Labute approximate surface area is 173 Å². The number of benzene rings is 3. The van der Waals surface area contributed by atoms with Crippen molar-refractivity contribution in [3.63, 3.8) is 0 Å². The van der Waals surface area contributed by atoms with Gasteiger partial charge in [0.25, 0.3) is 0 Å². The number of alkyl halides is 2. The SMILES string of the molecule is C=CC1CCC(c2ccc3c(F)c(-c4ccc(OC(F)F)c(F)c4)ccc3c2)CC1. The van der Waals surface area contributed by atoms with Crippen LogP contribution < -0.4 is 4.74 Å². The molecular formula is C25H22F4O. The summed E-state index contributed by atoms with van der Waals surface area (Å²) in [5.41, 5.74) is 1.68. The van der Waals surface area contributed by atoms with Crippen LogP contribution in [0.4, 0.5) is 17.6 Å². The molecule has 1 saturated carbocycles. The van der Waals surface area contributed by atoms with Gasteiger partial charge in [0.1, 0.15) is 5.82 Å². The van der Waals surface area contributed by atoms with Crippen molar-refractivity contribution < 1.29 is 22.3 Å². The van der Waals surface area contributed by atoms with Crippen molar-refractivity contribution in [1.29, 1.82) is 0 Å². The molecular weight excluding hydrogens is 392 g/mol. The lowest BCUT2D eigenvalue weighted by Gasteiger charge is -2.27. The lowest BCUT2D eigenvalue weighted by Crippen LogP contribution is -2.11. The lowest BCUT2D eigenvalue weighted by molar-refractivity contribution is -0.0521. The van der Waals surface area contributed by atoms with Crippen LogP contribution in [0, 0.1) is 17.6 Å². The van der Waals surface area contributed by atoms with Crippen molar-refractivity contribution in [1.82, 2.24) is 0 Å². The van der Waals surface area contributed by atoms with Gasteiger partial charge in [0.05, 0.1) is 0 Å². The van der Waals surface area contributed by atoms with E-state index in [1.807, 2.05) is 24.3 Å². The second-order valence-electron chi connectivity index (χ2n) is 7.78. The van der Waals surface area contributed by atoms with E-state index < -0.39 is 24.0 Å². The van der Waals surface area contributed by atoms with E-state index in [0.29, 0.717) is 17.2 Å². The predicted octanol–water partition coefficient (Wildman–Crippen LogP) is 7.85. The molecule has 0 atom stereocenters. The zero-order chi connectivity index (χ0) is 21.3. The second-order valence-corrected chi connectivity index (χ2v) is 7.78. The van der Waals surface area contributed by atoms with Crippen molar-refractivity contribution in [3.8, 4) is 16.9 Å². The van der Waals surface area contributed by atoms with Crippen molar-refractivity contribution in [2.24, 2.45) is 5.92 Å². The standard InChI is InChI=1S/C25H22F4O/c1-2-15-3-5-16(6-4-15)17-7-10-20-18(13-17)8-11-21(24(20)27)19-9-12-23(22(26)14-19)30-25(28)29/h2,7-16,25H,1,3-6H2. The fraction of sp³-hybridized carbons (Fsp3) is 0.280. The van der Waals surface area contributed by atoms with Gasteiger partial charge in [-0.25, -0.2) is 8.78 Å². The van der Waals surface area contributed by atoms with Crippen LogP contribution in [-0.4, -0.2) is 6.61 Å². The van der Waals surface area contributed by atoms with Crippen molar-refractivity contribution in [2.75, 3.05) is 0 Å². The third-order valence-corrected chi connectivity index (χ3v) is 6.01. The van der Waals surface area contributed by atoms with E-state index >= 15 is 4.39 Å². The van der Waals surface area contributed by atoms with Gasteiger partial charge in [-0.1, -0.05) is 42.5 Å². The Balaban J connectivity index is 1.63. The Hall–Kier alpha value is -2.82. The fourth-order valence-electron chi connectivity index (χ4n) is 4.34. The lowest BCUT2D eigenvalue weighted by atomic mass is 9.78. The first-order valence-corrected chi connectivity index (χ1v) is 10.1. The van der Waals surface area contributed by atoms with E-state index in [1.165, 1.54) is 11.6 Å². The zero-order valence-electron chi connectivity index (χ0n) is 16.4. The molecule has 0 radical (unpaired) electrons. The van der Waals surface area contributed by atoms with Gasteiger partial charge in [0, 0.05) is 10.9 Å². The van der Waals surface area contributed by atoms with Crippen LogP contribution in [0.5, 0.6) is 5.75 Å². The molecule has 0 unspecified atom stereocenters. The second kappa shape index (κ2) is 8.50. The normalized spacial score (nSPS) is 19.2. The van der Waals surface area contributed by atoms with E-state index in [9.17, 15) is 13.2 Å². The minimum absolute atomic E-state index is 0.212. The Morgan fingerprint density at radius 3 is 2.37 bits per heavy atom. The molecule has 0 spiro atoms. The van der Waals surface area contributed by atoms with E-state index in [-0.39, 0.29) is 11.1 Å². The Morgan fingerprint density at radius 2 is 1.70 bits per heavy atom. The van der Waals surface area contributed by atoms with Crippen LogP contribution >= 0.6 is 0 Å². The Morgan fingerprint density at radius 1 is 0.933 bits per heavy atom. The highest BCUT2D eigenvalue weighted by Gasteiger charge is 2.21. The third-order valence-electron chi connectivity index (χ3n) is 6.01. The summed E-state index contributed by atoms with van der Waals surface area (Å²) >= 11 is 0. The number of hydrogen-bond acceptors (Lipinski definition) is 1. The van der Waals surface area contributed by atoms with Gasteiger partial charge in [-0.05, 0) is 66.2 Å². The van der Waals surface area contributed by atoms with Gasteiger partial charge < -0.3 is 4.74 Å². The molecule has 1 nitrogen and oxygen atoms in total. The van der Waals surface area contributed by atoms with Gasteiger partial charge in [0.15, 0.2) is 11.6 Å². The summed E-state index contributed by atoms with van der Waals surface area (Å²) in [6.07, 6.45) is 6.46. The summed E-state index contributed by atoms with van der Waals surface area (Å²) in [7, 11) is 0. The Kier molecular flexibility index (Phi) is 5.80. The van der Waals surface area contributed by atoms with Crippen LogP contribution in [0.3, 0.4) is 0 Å². The molecule has 3 aromatic rings. The summed E-state index contributed by atoms with van der Waals surface area (Å²) in [5, 5.41) is 1.24. The average Bonchev–Trinajstić information content (AvgIpc) is 2.75. The first-order chi connectivity index (χ1) is 14.5. The van der Waals surface area contributed by atoms with E-state index in [0.717, 1.165) is 43.2 Å². The summed E-state index contributed by atoms with van der Waals surface area (Å²) in [6, 6.07) is 12.6. The quantitative estimate of drug-likeness (QED) is 0.305. The maximum atomic E-state index is 15.2. The molecule has 3 aromatic carbocycles. The predicted molar refractivity (Wildman–Crippen MR) is 111 cm³/mol. The van der Waals surface area contributed by atoms with Crippen LogP contribution in [0.1, 0.15) is 37.2 Å². The molecule has 156 valence electrons. The molecule has 4 rings (SSSR count). The maximum Gasteiger partial charge on any atom is 0.387 e. The fourth-order valence-corrected chi connectivity index (χ4v) is 4.34. The number of rotatable bonds is 5. The number of allylic oxidation sites excluding steroid dienone is 1. The van der Waals surface area contributed by atoms with Crippen molar-refractivity contribution in [3.05, 3.63) is 78.4 Å². The molecule has 1 aliphatic rings. The molecule has 0 aliphatic heterocycles. The molecule has 0 amide bonds. The number of fused-ring (bicyclic) bond motifs is 1. The van der Waals surface area contributed by atoms with Crippen LogP contribution in [-0.2, 0) is 0 Å².